The molecule has 1 aliphatic rings. The molecule has 0 spiro atoms. The number of hydrogen-bond acceptors (Lipinski definition) is 2. The number of carbonyl (C=O) groups excluding carboxylic acids is 1. The first-order valence-electron chi connectivity index (χ1n) is 5.75. The molecule has 1 N–H and O–H groups in total. The van der Waals surface area contributed by atoms with Crippen LogP contribution in [0, 0.1) is 0 Å². The van der Waals surface area contributed by atoms with Gasteiger partial charge < -0.3 is 10.2 Å². The van der Waals surface area contributed by atoms with Gasteiger partial charge in [-0.2, -0.15) is 0 Å². The molecule has 3 nitrogen and oxygen atoms in total. The Bertz CT molecular complexity index is 182. The molecule has 1 unspecified atom stereocenters. The Morgan fingerprint density at radius 3 is 2.93 bits per heavy atom. The normalized spacial score (nSPS) is 19.9. The van der Waals surface area contributed by atoms with E-state index >= 15 is 0 Å². The highest BCUT2D eigenvalue weighted by molar-refractivity contribution is 5.76. The van der Waals surface area contributed by atoms with Gasteiger partial charge in [-0.15, -0.1) is 0 Å². The topological polar surface area (TPSA) is 32.3 Å². The number of carbonyl (C=O) groups is 1. The van der Waals surface area contributed by atoms with Gasteiger partial charge in [0.1, 0.15) is 0 Å². The van der Waals surface area contributed by atoms with Crippen LogP contribution in [0.4, 0.5) is 0 Å². The third-order valence-electron chi connectivity index (χ3n) is 2.81. The van der Waals surface area contributed by atoms with Gasteiger partial charge in [0.25, 0.3) is 0 Å². The Morgan fingerprint density at radius 2 is 2.29 bits per heavy atom. The summed E-state index contributed by atoms with van der Waals surface area (Å²) in [5, 5.41) is 3.36. The molecule has 1 saturated heterocycles. The Kier molecular flexibility index (Phi) is 4.94. The average molecular weight is 198 g/mol. The Balaban J connectivity index is 2.19. The zero-order valence-corrected chi connectivity index (χ0v) is 9.38. The summed E-state index contributed by atoms with van der Waals surface area (Å²) < 4.78 is 0. The van der Waals surface area contributed by atoms with Gasteiger partial charge in [-0.25, -0.2) is 0 Å². The molecule has 1 rings (SSSR count). The summed E-state index contributed by atoms with van der Waals surface area (Å²) in [4.78, 5) is 13.5. The van der Waals surface area contributed by atoms with Crippen LogP contribution in [0.25, 0.3) is 0 Å². The molecule has 3 heteroatoms. The molecular weight excluding hydrogens is 176 g/mol. The Hall–Kier alpha value is -0.570. The lowest BCUT2D eigenvalue weighted by Gasteiger charge is -2.27. The predicted molar refractivity (Wildman–Crippen MR) is 58.2 cm³/mol. The summed E-state index contributed by atoms with van der Waals surface area (Å²) >= 11 is 0. The van der Waals surface area contributed by atoms with Gasteiger partial charge in [-0.3, -0.25) is 4.79 Å². The molecule has 1 aliphatic heterocycles. The van der Waals surface area contributed by atoms with E-state index in [0.717, 1.165) is 38.9 Å². The fourth-order valence-electron chi connectivity index (χ4n) is 1.90. The summed E-state index contributed by atoms with van der Waals surface area (Å²) in [5.41, 5.74) is 0. The first-order chi connectivity index (χ1) is 6.74. The predicted octanol–water partition coefficient (Wildman–Crippen LogP) is 1.39. The fourth-order valence-corrected chi connectivity index (χ4v) is 1.90. The van der Waals surface area contributed by atoms with Gasteiger partial charge in [0.2, 0.25) is 5.91 Å². The molecule has 1 fully saturated rings. The maximum absolute atomic E-state index is 11.5. The molecule has 0 aromatic heterocycles. The van der Waals surface area contributed by atoms with Gasteiger partial charge in [0.15, 0.2) is 0 Å². The van der Waals surface area contributed by atoms with Crippen LogP contribution in [-0.2, 0) is 4.79 Å². The van der Waals surface area contributed by atoms with Crippen LogP contribution in [0.2, 0.25) is 0 Å². The van der Waals surface area contributed by atoms with Gasteiger partial charge in [0.05, 0.1) is 0 Å². The van der Waals surface area contributed by atoms with E-state index in [2.05, 4.69) is 19.2 Å². The fraction of sp³-hybridized carbons (Fsp3) is 0.909. The highest BCUT2D eigenvalue weighted by Crippen LogP contribution is 2.11. The SMILES string of the molecule is CCNC(C)CCN1CCCCC1=O. The van der Waals surface area contributed by atoms with Crippen molar-refractivity contribution in [2.24, 2.45) is 0 Å². The van der Waals surface area contributed by atoms with E-state index in [0.29, 0.717) is 11.9 Å². The lowest BCUT2D eigenvalue weighted by Crippen LogP contribution is -2.38. The van der Waals surface area contributed by atoms with Crippen molar-refractivity contribution in [1.29, 1.82) is 0 Å². The second-order valence-corrected chi connectivity index (χ2v) is 4.09. The van der Waals surface area contributed by atoms with Crippen LogP contribution in [-0.4, -0.2) is 36.5 Å². The Labute approximate surface area is 86.9 Å². The van der Waals surface area contributed by atoms with Crippen LogP contribution in [0.1, 0.15) is 39.5 Å². The zero-order chi connectivity index (χ0) is 10.4. The van der Waals surface area contributed by atoms with Crippen molar-refractivity contribution in [2.45, 2.75) is 45.6 Å². The molecule has 1 amide bonds. The second kappa shape index (κ2) is 6.02. The van der Waals surface area contributed by atoms with E-state index in [-0.39, 0.29) is 0 Å². The number of nitrogens with zero attached hydrogens (tertiary/aromatic N) is 1. The number of hydrogen-bond donors (Lipinski definition) is 1. The highest BCUT2D eigenvalue weighted by Gasteiger charge is 2.17. The van der Waals surface area contributed by atoms with E-state index in [9.17, 15) is 4.79 Å². The van der Waals surface area contributed by atoms with Crippen molar-refractivity contribution in [2.75, 3.05) is 19.6 Å². The van der Waals surface area contributed by atoms with E-state index in [1.54, 1.807) is 0 Å². The van der Waals surface area contributed by atoms with Gasteiger partial charge in [-0.1, -0.05) is 6.92 Å². The zero-order valence-electron chi connectivity index (χ0n) is 9.38. The molecule has 0 radical (unpaired) electrons. The number of rotatable bonds is 5. The Morgan fingerprint density at radius 1 is 1.50 bits per heavy atom. The van der Waals surface area contributed by atoms with E-state index in [4.69, 9.17) is 0 Å². The minimum absolute atomic E-state index is 0.347. The maximum atomic E-state index is 11.5. The first-order valence-corrected chi connectivity index (χ1v) is 5.75. The van der Waals surface area contributed by atoms with E-state index in [1.807, 2.05) is 4.90 Å². The lowest BCUT2D eigenvalue weighted by atomic mass is 10.1. The third kappa shape index (κ3) is 3.66. The van der Waals surface area contributed by atoms with Crippen LogP contribution in [0.15, 0.2) is 0 Å². The number of piperidine rings is 1. The average Bonchev–Trinajstić information content (AvgIpc) is 2.17. The maximum Gasteiger partial charge on any atom is 0.222 e. The van der Waals surface area contributed by atoms with Crippen LogP contribution >= 0.6 is 0 Å². The van der Waals surface area contributed by atoms with Crippen molar-refractivity contribution in [1.82, 2.24) is 10.2 Å². The van der Waals surface area contributed by atoms with Crippen molar-refractivity contribution in [3.05, 3.63) is 0 Å². The number of amides is 1. The van der Waals surface area contributed by atoms with Crippen LogP contribution < -0.4 is 5.32 Å². The third-order valence-corrected chi connectivity index (χ3v) is 2.81. The monoisotopic (exact) mass is 198 g/mol. The molecule has 0 aliphatic carbocycles. The smallest absolute Gasteiger partial charge is 0.222 e. The van der Waals surface area contributed by atoms with E-state index in [1.165, 1.54) is 6.42 Å². The largest absolute Gasteiger partial charge is 0.343 e. The molecule has 1 atom stereocenters. The van der Waals surface area contributed by atoms with Crippen molar-refractivity contribution < 1.29 is 4.79 Å². The summed E-state index contributed by atoms with van der Waals surface area (Å²) in [6, 6.07) is 0.523. The molecule has 82 valence electrons. The molecule has 0 saturated carbocycles. The van der Waals surface area contributed by atoms with Crippen LogP contribution in [0.5, 0.6) is 0 Å². The van der Waals surface area contributed by atoms with Crippen molar-refractivity contribution in [3.63, 3.8) is 0 Å². The molecule has 0 aromatic rings. The first kappa shape index (κ1) is 11.5. The lowest BCUT2D eigenvalue weighted by molar-refractivity contribution is -0.133. The minimum Gasteiger partial charge on any atom is -0.343 e. The molecule has 0 bridgehead atoms. The quantitative estimate of drug-likeness (QED) is 0.724. The van der Waals surface area contributed by atoms with Crippen LogP contribution in [0.3, 0.4) is 0 Å². The van der Waals surface area contributed by atoms with Gasteiger partial charge in [-0.05, 0) is 32.7 Å². The highest BCUT2D eigenvalue weighted by atomic mass is 16.2. The van der Waals surface area contributed by atoms with E-state index < -0.39 is 0 Å². The summed E-state index contributed by atoms with van der Waals surface area (Å²) in [6.45, 7) is 7.19. The minimum atomic E-state index is 0.347. The van der Waals surface area contributed by atoms with Crippen molar-refractivity contribution >= 4 is 5.91 Å². The summed E-state index contributed by atoms with van der Waals surface area (Å²) in [7, 11) is 0. The van der Waals surface area contributed by atoms with Gasteiger partial charge >= 0.3 is 0 Å². The molecule has 14 heavy (non-hydrogen) atoms. The van der Waals surface area contributed by atoms with Crippen molar-refractivity contribution in [3.8, 4) is 0 Å². The summed E-state index contributed by atoms with van der Waals surface area (Å²) in [5.74, 6) is 0.347. The second-order valence-electron chi connectivity index (χ2n) is 4.09. The molecule has 1 heterocycles. The summed E-state index contributed by atoms with van der Waals surface area (Å²) in [6.07, 6.45) is 4.09. The molecular formula is C11H22N2O. The van der Waals surface area contributed by atoms with Gasteiger partial charge in [0, 0.05) is 25.6 Å². The number of nitrogens with one attached hydrogen (secondary N) is 1. The standard InChI is InChI=1S/C11H22N2O/c1-3-12-10(2)7-9-13-8-5-4-6-11(13)14/h10,12H,3-9H2,1-2H3. The molecule has 0 aromatic carbocycles. The number of likely N-dealkylation sites (tertiary alicyclic amines) is 1.